The van der Waals surface area contributed by atoms with E-state index in [1.807, 2.05) is 0 Å². The molecule has 0 aromatic heterocycles. The number of rotatable bonds is 0. The summed E-state index contributed by atoms with van der Waals surface area (Å²) in [4.78, 5) is 47.0. The number of ether oxygens (including phenoxy) is 2. The van der Waals surface area contributed by atoms with Crippen molar-refractivity contribution in [2.45, 2.75) is 0 Å². The normalized spacial score (nSPS) is 45.5. The van der Waals surface area contributed by atoms with Gasteiger partial charge in [-0.1, -0.05) is 11.6 Å². The lowest BCUT2D eigenvalue weighted by atomic mass is 9.54. The molecular formula is C12H6ClFO6. The van der Waals surface area contributed by atoms with Gasteiger partial charge in [-0.2, -0.15) is 0 Å². The van der Waals surface area contributed by atoms with E-state index in [1.165, 1.54) is 0 Å². The summed E-state index contributed by atoms with van der Waals surface area (Å²) in [6, 6.07) is 0. The molecule has 1 saturated carbocycles. The molecule has 2 bridgehead atoms. The Morgan fingerprint density at radius 2 is 1.05 bits per heavy atom. The van der Waals surface area contributed by atoms with Gasteiger partial charge in [0.1, 0.15) is 5.83 Å². The van der Waals surface area contributed by atoms with Crippen molar-refractivity contribution in [3.63, 3.8) is 0 Å². The average Bonchev–Trinajstić information content (AvgIpc) is 2.84. The molecule has 5 aliphatic rings. The van der Waals surface area contributed by atoms with Gasteiger partial charge in [-0.15, -0.1) is 0 Å². The highest BCUT2D eigenvalue weighted by atomic mass is 35.5. The predicted molar refractivity (Wildman–Crippen MR) is 57.1 cm³/mol. The standard InChI is InChI=1S/C12H6ClFO6/c13-7-1-3-5(11(17)19-9(3)15)2(8(7)14)6-4(1)10(16)20-12(6)18/h1-6H/t1?,2?,3-,4+,5+,6-. The van der Waals surface area contributed by atoms with Crippen LogP contribution in [0.25, 0.3) is 0 Å². The Morgan fingerprint density at radius 3 is 1.45 bits per heavy atom. The minimum atomic E-state index is -1.25. The molecule has 0 spiro atoms. The molecule has 3 fully saturated rings. The van der Waals surface area contributed by atoms with E-state index in [2.05, 4.69) is 9.47 Å². The van der Waals surface area contributed by atoms with Gasteiger partial charge >= 0.3 is 23.9 Å². The molecule has 6 nitrogen and oxygen atoms in total. The molecular weight excluding hydrogens is 295 g/mol. The molecule has 3 aliphatic carbocycles. The summed E-state index contributed by atoms with van der Waals surface area (Å²) in [5.41, 5.74) is 0. The highest BCUT2D eigenvalue weighted by Gasteiger charge is 2.72. The van der Waals surface area contributed by atoms with Crippen molar-refractivity contribution in [3.8, 4) is 0 Å². The van der Waals surface area contributed by atoms with E-state index >= 15 is 0 Å². The van der Waals surface area contributed by atoms with Crippen LogP contribution in [0.2, 0.25) is 0 Å². The molecule has 6 atom stereocenters. The Bertz CT molecular complexity index is 546. The summed E-state index contributed by atoms with van der Waals surface area (Å²) in [5.74, 6) is -10.8. The van der Waals surface area contributed by atoms with Crippen molar-refractivity contribution < 1.29 is 33.0 Å². The third-order valence-electron chi connectivity index (χ3n) is 4.63. The third kappa shape index (κ3) is 1.11. The molecule has 0 aromatic carbocycles. The Kier molecular flexibility index (Phi) is 2.08. The fourth-order valence-electron chi connectivity index (χ4n) is 3.93. The lowest BCUT2D eigenvalue weighted by Gasteiger charge is -2.45. The number of cyclic esters (lactones) is 4. The van der Waals surface area contributed by atoms with Crippen molar-refractivity contribution >= 4 is 35.5 Å². The van der Waals surface area contributed by atoms with E-state index in [1.54, 1.807) is 0 Å². The van der Waals surface area contributed by atoms with E-state index in [4.69, 9.17) is 11.6 Å². The lowest BCUT2D eigenvalue weighted by Crippen LogP contribution is -2.53. The highest BCUT2D eigenvalue weighted by molar-refractivity contribution is 6.31. The maximum atomic E-state index is 14.3. The molecule has 0 radical (unpaired) electrons. The Balaban J connectivity index is 1.96. The molecule has 104 valence electrons. The summed E-state index contributed by atoms with van der Waals surface area (Å²) in [6.07, 6.45) is 0. The van der Waals surface area contributed by atoms with E-state index < -0.39 is 65.2 Å². The summed E-state index contributed by atoms with van der Waals surface area (Å²) in [5, 5.41) is -0.282. The molecule has 2 aliphatic heterocycles. The molecule has 5 rings (SSSR count). The first-order valence-electron chi connectivity index (χ1n) is 5.99. The van der Waals surface area contributed by atoms with Crippen LogP contribution in [0.4, 0.5) is 4.39 Å². The second-order valence-corrected chi connectivity index (χ2v) is 5.74. The zero-order valence-corrected chi connectivity index (χ0v) is 10.4. The Labute approximate surface area is 115 Å². The second kappa shape index (κ2) is 3.46. The van der Waals surface area contributed by atoms with Crippen LogP contribution in [-0.2, 0) is 28.7 Å². The summed E-state index contributed by atoms with van der Waals surface area (Å²) in [6.45, 7) is 0. The smallest absolute Gasteiger partial charge is 0.318 e. The summed E-state index contributed by atoms with van der Waals surface area (Å²) in [7, 11) is 0. The van der Waals surface area contributed by atoms with Crippen LogP contribution >= 0.6 is 11.6 Å². The monoisotopic (exact) mass is 300 g/mol. The number of allylic oxidation sites excluding steroid dienone is 2. The molecule has 8 heteroatoms. The molecule has 2 saturated heterocycles. The third-order valence-corrected chi connectivity index (χ3v) is 5.06. The first-order chi connectivity index (χ1) is 9.43. The van der Waals surface area contributed by atoms with Gasteiger partial charge in [-0.3, -0.25) is 19.2 Å². The van der Waals surface area contributed by atoms with E-state index in [0.29, 0.717) is 0 Å². The van der Waals surface area contributed by atoms with Crippen molar-refractivity contribution in [1.82, 2.24) is 0 Å². The van der Waals surface area contributed by atoms with Crippen LogP contribution in [0.1, 0.15) is 0 Å². The zero-order chi connectivity index (χ0) is 14.3. The fraction of sp³-hybridized carbons (Fsp3) is 0.500. The number of hydrogen-bond donors (Lipinski definition) is 0. The van der Waals surface area contributed by atoms with Gasteiger partial charge in [0.05, 0.1) is 28.7 Å². The van der Waals surface area contributed by atoms with Gasteiger partial charge in [0.15, 0.2) is 0 Å². The molecule has 20 heavy (non-hydrogen) atoms. The summed E-state index contributed by atoms with van der Waals surface area (Å²) >= 11 is 5.89. The maximum Gasteiger partial charge on any atom is 0.318 e. The zero-order valence-electron chi connectivity index (χ0n) is 9.67. The molecule has 2 unspecified atom stereocenters. The lowest BCUT2D eigenvalue weighted by molar-refractivity contribution is -0.154. The van der Waals surface area contributed by atoms with Gasteiger partial charge in [-0.25, -0.2) is 4.39 Å². The second-order valence-electron chi connectivity index (χ2n) is 5.33. The first-order valence-corrected chi connectivity index (χ1v) is 6.37. The largest absolute Gasteiger partial charge is 0.393 e. The first kappa shape index (κ1) is 12.0. The number of halogens is 2. The quantitative estimate of drug-likeness (QED) is 0.472. The molecule has 0 aromatic rings. The topological polar surface area (TPSA) is 86.7 Å². The van der Waals surface area contributed by atoms with Crippen LogP contribution in [0, 0.1) is 35.5 Å². The minimum absolute atomic E-state index is 0.282. The predicted octanol–water partition coefficient (Wildman–Crippen LogP) is 0.297. The fourth-order valence-corrected chi connectivity index (χ4v) is 4.33. The number of hydrogen-bond acceptors (Lipinski definition) is 6. The van der Waals surface area contributed by atoms with Crippen molar-refractivity contribution in [2.75, 3.05) is 0 Å². The van der Waals surface area contributed by atoms with Crippen molar-refractivity contribution in [1.29, 1.82) is 0 Å². The number of carbonyl (C=O) groups excluding carboxylic acids is 4. The van der Waals surface area contributed by atoms with Crippen molar-refractivity contribution in [3.05, 3.63) is 10.9 Å². The maximum absolute atomic E-state index is 14.3. The van der Waals surface area contributed by atoms with Gasteiger partial charge in [0.25, 0.3) is 0 Å². The van der Waals surface area contributed by atoms with Crippen LogP contribution in [0.15, 0.2) is 10.9 Å². The molecule has 0 amide bonds. The van der Waals surface area contributed by atoms with Gasteiger partial charge < -0.3 is 9.47 Å². The molecule has 0 N–H and O–H groups in total. The Morgan fingerprint density at radius 1 is 0.700 bits per heavy atom. The van der Waals surface area contributed by atoms with Gasteiger partial charge in [-0.05, 0) is 0 Å². The van der Waals surface area contributed by atoms with Gasteiger partial charge in [0, 0.05) is 11.8 Å². The van der Waals surface area contributed by atoms with Crippen LogP contribution in [0.3, 0.4) is 0 Å². The highest BCUT2D eigenvalue weighted by Crippen LogP contribution is 2.62. The van der Waals surface area contributed by atoms with Crippen LogP contribution in [0.5, 0.6) is 0 Å². The SMILES string of the molecule is O=C1OC(=O)[C@H]2C3C(F)=C(Cl)C([C@@H]12)[C@@H]1C(=O)OC(=O)[C@H]31. The van der Waals surface area contributed by atoms with Crippen LogP contribution in [-0.4, -0.2) is 23.9 Å². The molecule has 2 heterocycles. The van der Waals surface area contributed by atoms with E-state index in [9.17, 15) is 23.6 Å². The minimum Gasteiger partial charge on any atom is -0.393 e. The van der Waals surface area contributed by atoms with Crippen LogP contribution < -0.4 is 0 Å². The van der Waals surface area contributed by atoms with E-state index in [-0.39, 0.29) is 5.03 Å². The Hall–Kier alpha value is -1.76. The number of esters is 4. The van der Waals surface area contributed by atoms with Gasteiger partial charge in [0.2, 0.25) is 0 Å². The summed E-state index contributed by atoms with van der Waals surface area (Å²) < 4.78 is 23.3. The average molecular weight is 301 g/mol. The van der Waals surface area contributed by atoms with Crippen molar-refractivity contribution in [2.24, 2.45) is 35.5 Å². The van der Waals surface area contributed by atoms with E-state index in [0.717, 1.165) is 0 Å². The number of carbonyl (C=O) groups is 4.